The van der Waals surface area contributed by atoms with Crippen LogP contribution in [0.3, 0.4) is 0 Å². The molecule has 1 heterocycles. The minimum absolute atomic E-state index is 0.514. The molecule has 58 valence electrons. The smallest absolute Gasteiger partial charge is 0.0798 e. The van der Waals surface area contributed by atoms with Gasteiger partial charge in [-0.05, 0) is 6.42 Å². The summed E-state index contributed by atoms with van der Waals surface area (Å²) < 4.78 is 0. The fraction of sp³-hybridized carbons (Fsp3) is 0.500. The van der Waals surface area contributed by atoms with Gasteiger partial charge in [-0.15, -0.1) is 11.3 Å². The largest absolute Gasteiger partial charge is 0.249 e. The van der Waals surface area contributed by atoms with E-state index in [2.05, 4.69) is 18.0 Å². The van der Waals surface area contributed by atoms with Gasteiger partial charge in [-0.25, -0.2) is 4.98 Å². The van der Waals surface area contributed by atoms with E-state index in [1.807, 2.05) is 5.51 Å². The molecule has 3 heteroatoms. The number of rotatable bonds is 3. The lowest BCUT2D eigenvalue weighted by molar-refractivity contribution is 0.880. The van der Waals surface area contributed by atoms with Crippen LogP contribution in [-0.2, 0) is 12.8 Å². The van der Waals surface area contributed by atoms with Crippen LogP contribution in [0.5, 0.6) is 0 Å². The van der Waals surface area contributed by atoms with E-state index in [1.54, 1.807) is 11.3 Å². The first-order chi connectivity index (χ1) is 5.38. The van der Waals surface area contributed by atoms with Crippen molar-refractivity contribution in [3.8, 4) is 6.07 Å². The van der Waals surface area contributed by atoms with Crippen LogP contribution in [0.15, 0.2) is 5.51 Å². The van der Waals surface area contributed by atoms with E-state index >= 15 is 0 Å². The van der Waals surface area contributed by atoms with Crippen molar-refractivity contribution in [1.82, 2.24) is 4.98 Å². The van der Waals surface area contributed by atoms with Gasteiger partial charge in [-0.3, -0.25) is 0 Å². The van der Waals surface area contributed by atoms with Crippen molar-refractivity contribution in [2.24, 2.45) is 0 Å². The first kappa shape index (κ1) is 8.22. The maximum absolute atomic E-state index is 8.46. The third-order valence-electron chi connectivity index (χ3n) is 1.45. The summed E-state index contributed by atoms with van der Waals surface area (Å²) >= 11 is 1.58. The van der Waals surface area contributed by atoms with Crippen molar-refractivity contribution in [3.63, 3.8) is 0 Å². The number of hydrogen-bond donors (Lipinski definition) is 0. The number of aryl methyl sites for hydroxylation is 1. The number of thiazole rings is 1. The third kappa shape index (κ3) is 2.02. The molecule has 0 aliphatic carbocycles. The van der Waals surface area contributed by atoms with Gasteiger partial charge in [0.15, 0.2) is 0 Å². The Balaban J connectivity index is 2.71. The zero-order valence-corrected chi connectivity index (χ0v) is 7.32. The predicted octanol–water partition coefficient (Wildman–Crippen LogP) is 2.16. The van der Waals surface area contributed by atoms with E-state index in [1.165, 1.54) is 0 Å². The van der Waals surface area contributed by atoms with Crippen LogP contribution in [0.2, 0.25) is 0 Å². The Kier molecular flexibility index (Phi) is 3.06. The summed E-state index contributed by atoms with van der Waals surface area (Å²) in [6.45, 7) is 2.12. The summed E-state index contributed by atoms with van der Waals surface area (Å²) in [6.07, 6.45) is 2.61. The molecule has 0 aromatic carbocycles. The first-order valence-corrected chi connectivity index (χ1v) is 4.54. The van der Waals surface area contributed by atoms with Crippen molar-refractivity contribution in [3.05, 3.63) is 16.1 Å². The Morgan fingerprint density at radius 3 is 3.18 bits per heavy atom. The second kappa shape index (κ2) is 4.09. The van der Waals surface area contributed by atoms with Crippen LogP contribution < -0.4 is 0 Å². The summed E-state index contributed by atoms with van der Waals surface area (Å²) in [5.74, 6) is 0. The predicted molar refractivity (Wildman–Crippen MR) is 45.4 cm³/mol. The van der Waals surface area contributed by atoms with E-state index in [4.69, 9.17) is 5.26 Å². The van der Waals surface area contributed by atoms with Crippen LogP contribution in [0.1, 0.15) is 23.9 Å². The topological polar surface area (TPSA) is 36.7 Å². The molecule has 0 bridgehead atoms. The maximum atomic E-state index is 8.46. The molecule has 11 heavy (non-hydrogen) atoms. The minimum Gasteiger partial charge on any atom is -0.249 e. The molecule has 0 unspecified atom stereocenters. The molecule has 0 saturated carbocycles. The highest BCUT2D eigenvalue weighted by molar-refractivity contribution is 7.09. The van der Waals surface area contributed by atoms with Gasteiger partial charge >= 0.3 is 0 Å². The molecule has 0 aliphatic rings. The fourth-order valence-electron chi connectivity index (χ4n) is 0.950. The van der Waals surface area contributed by atoms with Gasteiger partial charge in [0, 0.05) is 4.88 Å². The van der Waals surface area contributed by atoms with E-state index < -0.39 is 0 Å². The SMILES string of the molecule is CCCc1ncsc1CC#N. The van der Waals surface area contributed by atoms with Crippen molar-refractivity contribution < 1.29 is 0 Å². The zero-order valence-electron chi connectivity index (χ0n) is 6.50. The number of hydrogen-bond acceptors (Lipinski definition) is 3. The van der Waals surface area contributed by atoms with Crippen LogP contribution in [-0.4, -0.2) is 4.98 Å². The van der Waals surface area contributed by atoms with Gasteiger partial charge in [-0.1, -0.05) is 13.3 Å². The van der Waals surface area contributed by atoms with E-state index in [-0.39, 0.29) is 0 Å². The number of nitriles is 1. The lowest BCUT2D eigenvalue weighted by atomic mass is 10.2. The molecular formula is C8H10N2S. The van der Waals surface area contributed by atoms with Crippen LogP contribution in [0, 0.1) is 11.3 Å². The summed E-state index contributed by atoms with van der Waals surface area (Å²) in [6, 6.07) is 2.14. The molecule has 0 N–H and O–H groups in total. The second-order valence-corrected chi connectivity index (χ2v) is 3.25. The first-order valence-electron chi connectivity index (χ1n) is 3.66. The fourth-order valence-corrected chi connectivity index (χ4v) is 1.70. The van der Waals surface area contributed by atoms with Gasteiger partial charge in [-0.2, -0.15) is 5.26 Å². The molecule has 0 aliphatic heterocycles. The standard InChI is InChI=1S/C8H10N2S/c1-2-3-7-8(4-5-9)11-6-10-7/h6H,2-4H2,1H3. The molecule has 1 aromatic heterocycles. The lowest BCUT2D eigenvalue weighted by Crippen LogP contribution is -1.88. The molecule has 0 atom stereocenters. The van der Waals surface area contributed by atoms with Crippen molar-refractivity contribution in [1.29, 1.82) is 5.26 Å². The highest BCUT2D eigenvalue weighted by Gasteiger charge is 2.03. The zero-order chi connectivity index (χ0) is 8.10. The van der Waals surface area contributed by atoms with Gasteiger partial charge < -0.3 is 0 Å². The van der Waals surface area contributed by atoms with Gasteiger partial charge in [0.1, 0.15) is 0 Å². The average Bonchev–Trinajstić information content (AvgIpc) is 2.39. The van der Waals surface area contributed by atoms with Gasteiger partial charge in [0.25, 0.3) is 0 Å². The summed E-state index contributed by atoms with van der Waals surface area (Å²) in [4.78, 5) is 5.33. The Morgan fingerprint density at radius 1 is 1.73 bits per heavy atom. The highest BCUT2D eigenvalue weighted by Crippen LogP contribution is 2.14. The molecule has 0 radical (unpaired) electrons. The van der Waals surface area contributed by atoms with Crippen LogP contribution in [0.25, 0.3) is 0 Å². The van der Waals surface area contributed by atoms with Gasteiger partial charge in [0.05, 0.1) is 23.7 Å². The summed E-state index contributed by atoms with van der Waals surface area (Å²) in [5, 5.41) is 8.46. The lowest BCUT2D eigenvalue weighted by Gasteiger charge is -1.93. The normalized spacial score (nSPS) is 9.45. The molecule has 1 rings (SSSR count). The third-order valence-corrected chi connectivity index (χ3v) is 2.33. The summed E-state index contributed by atoms with van der Waals surface area (Å²) in [5.41, 5.74) is 2.93. The van der Waals surface area contributed by atoms with E-state index in [0.29, 0.717) is 6.42 Å². The second-order valence-electron chi connectivity index (χ2n) is 2.31. The van der Waals surface area contributed by atoms with Crippen molar-refractivity contribution in [2.75, 3.05) is 0 Å². The molecule has 0 spiro atoms. The monoisotopic (exact) mass is 166 g/mol. The molecule has 0 saturated heterocycles. The molecular weight excluding hydrogens is 156 g/mol. The van der Waals surface area contributed by atoms with Crippen molar-refractivity contribution in [2.45, 2.75) is 26.2 Å². The quantitative estimate of drug-likeness (QED) is 0.690. The Morgan fingerprint density at radius 2 is 2.55 bits per heavy atom. The molecule has 1 aromatic rings. The summed E-state index contributed by atoms with van der Waals surface area (Å²) in [7, 11) is 0. The highest BCUT2D eigenvalue weighted by atomic mass is 32.1. The Labute approximate surface area is 70.5 Å². The number of aromatic nitrogens is 1. The average molecular weight is 166 g/mol. The molecule has 2 nitrogen and oxygen atoms in total. The van der Waals surface area contributed by atoms with E-state index in [0.717, 1.165) is 23.4 Å². The molecule has 0 fully saturated rings. The van der Waals surface area contributed by atoms with Gasteiger partial charge in [0.2, 0.25) is 0 Å². The van der Waals surface area contributed by atoms with Crippen molar-refractivity contribution >= 4 is 11.3 Å². The van der Waals surface area contributed by atoms with Crippen LogP contribution in [0.4, 0.5) is 0 Å². The molecule has 0 amide bonds. The Hall–Kier alpha value is -0.880. The number of nitrogens with zero attached hydrogens (tertiary/aromatic N) is 2. The maximum Gasteiger partial charge on any atom is 0.0798 e. The van der Waals surface area contributed by atoms with Crippen LogP contribution >= 0.6 is 11.3 Å². The Bertz CT molecular complexity index is 259. The van der Waals surface area contributed by atoms with E-state index in [9.17, 15) is 0 Å². The minimum atomic E-state index is 0.514.